The Hall–Kier alpha value is -1.58. The molecule has 148 valence electrons. The van der Waals surface area contributed by atoms with Gasteiger partial charge in [-0.3, -0.25) is 4.99 Å². The zero-order valence-electron chi connectivity index (χ0n) is 15.2. The van der Waals surface area contributed by atoms with E-state index in [0.717, 1.165) is 11.1 Å². The number of benzene rings is 2. The van der Waals surface area contributed by atoms with Gasteiger partial charge in [0.1, 0.15) is 0 Å². The Labute approximate surface area is 185 Å². The van der Waals surface area contributed by atoms with Crippen LogP contribution < -0.4 is 20.1 Å². The van der Waals surface area contributed by atoms with Gasteiger partial charge >= 0.3 is 0 Å². The fraction of sp³-hybridized carbons (Fsp3) is 0.278. The van der Waals surface area contributed by atoms with Crippen molar-refractivity contribution in [2.75, 3.05) is 21.3 Å². The van der Waals surface area contributed by atoms with Gasteiger partial charge in [-0.15, -0.1) is 24.0 Å². The molecule has 2 rings (SSSR count). The van der Waals surface area contributed by atoms with E-state index in [1.807, 2.05) is 6.07 Å². The predicted molar refractivity (Wildman–Crippen MR) is 120 cm³/mol. The molecule has 0 saturated heterocycles. The van der Waals surface area contributed by atoms with Crippen molar-refractivity contribution in [1.29, 1.82) is 0 Å². The number of guanidine groups is 1. The van der Waals surface area contributed by atoms with Crippen LogP contribution in [-0.2, 0) is 13.1 Å². The highest BCUT2D eigenvalue weighted by Gasteiger charge is 2.11. The van der Waals surface area contributed by atoms with Gasteiger partial charge in [-0.2, -0.15) is 0 Å². The SMILES string of the molecule is CN=C(NCc1cc(OC)c(O)c(OC)c1)NCc1ccc(Cl)cc1Cl.I. The summed E-state index contributed by atoms with van der Waals surface area (Å²) in [6.45, 7) is 0.957. The standard InChI is InChI=1S/C18H21Cl2N3O3.HI/c1-21-18(23-10-12-4-5-13(19)8-14(12)20)22-9-11-6-15(25-2)17(24)16(7-11)26-3;/h4-8,24H,9-10H2,1-3H3,(H2,21,22,23);1H. The van der Waals surface area contributed by atoms with Crippen molar-refractivity contribution in [3.63, 3.8) is 0 Å². The number of ether oxygens (including phenoxy) is 2. The van der Waals surface area contributed by atoms with Crippen molar-refractivity contribution >= 4 is 53.1 Å². The van der Waals surface area contributed by atoms with Crippen molar-refractivity contribution in [3.8, 4) is 17.2 Å². The molecule has 2 aromatic rings. The van der Waals surface area contributed by atoms with Crippen LogP contribution in [0.2, 0.25) is 10.0 Å². The third kappa shape index (κ3) is 6.51. The van der Waals surface area contributed by atoms with Crippen molar-refractivity contribution < 1.29 is 14.6 Å². The number of hydrogen-bond donors (Lipinski definition) is 3. The maximum atomic E-state index is 9.96. The normalized spacial score (nSPS) is 10.8. The lowest BCUT2D eigenvalue weighted by atomic mass is 10.2. The van der Waals surface area contributed by atoms with Crippen molar-refractivity contribution in [1.82, 2.24) is 10.6 Å². The van der Waals surface area contributed by atoms with Crippen LogP contribution in [0.1, 0.15) is 11.1 Å². The summed E-state index contributed by atoms with van der Waals surface area (Å²) in [5.74, 6) is 1.26. The molecule has 0 saturated carbocycles. The fourth-order valence-corrected chi connectivity index (χ4v) is 2.78. The van der Waals surface area contributed by atoms with Crippen LogP contribution >= 0.6 is 47.2 Å². The Morgan fingerprint density at radius 2 is 1.63 bits per heavy atom. The van der Waals surface area contributed by atoms with Crippen LogP contribution in [-0.4, -0.2) is 32.3 Å². The van der Waals surface area contributed by atoms with Gasteiger partial charge in [0.25, 0.3) is 0 Å². The zero-order valence-corrected chi connectivity index (χ0v) is 19.0. The number of aromatic hydroxyl groups is 1. The molecule has 27 heavy (non-hydrogen) atoms. The Morgan fingerprint density at radius 3 is 2.15 bits per heavy atom. The number of phenols is 1. The maximum absolute atomic E-state index is 9.96. The Balaban J connectivity index is 0.00000364. The molecule has 0 aliphatic heterocycles. The molecule has 0 amide bonds. The predicted octanol–water partition coefficient (Wildman–Crippen LogP) is 4.20. The van der Waals surface area contributed by atoms with Gasteiger partial charge in [-0.05, 0) is 35.4 Å². The number of nitrogens with one attached hydrogen (secondary N) is 2. The number of hydrogen-bond acceptors (Lipinski definition) is 4. The molecule has 6 nitrogen and oxygen atoms in total. The Kier molecular flexibility index (Phi) is 9.82. The molecular weight excluding hydrogens is 504 g/mol. The fourth-order valence-electron chi connectivity index (χ4n) is 2.30. The third-order valence-electron chi connectivity index (χ3n) is 3.68. The second-order valence-electron chi connectivity index (χ2n) is 5.36. The third-order valence-corrected chi connectivity index (χ3v) is 4.27. The average Bonchev–Trinajstić information content (AvgIpc) is 2.64. The molecule has 0 unspecified atom stereocenters. The summed E-state index contributed by atoms with van der Waals surface area (Å²) in [6.07, 6.45) is 0. The van der Waals surface area contributed by atoms with Crippen LogP contribution in [0.15, 0.2) is 35.3 Å². The summed E-state index contributed by atoms with van der Waals surface area (Å²) < 4.78 is 10.3. The molecule has 0 aromatic heterocycles. The Morgan fingerprint density at radius 1 is 1.04 bits per heavy atom. The highest BCUT2D eigenvalue weighted by Crippen LogP contribution is 2.37. The van der Waals surface area contributed by atoms with Crippen LogP contribution in [0, 0.1) is 0 Å². The molecule has 2 aromatic carbocycles. The molecule has 0 atom stereocenters. The van der Waals surface area contributed by atoms with Crippen LogP contribution in [0.3, 0.4) is 0 Å². The lowest BCUT2D eigenvalue weighted by Gasteiger charge is -2.15. The quantitative estimate of drug-likeness (QED) is 0.299. The molecule has 0 heterocycles. The first-order valence-electron chi connectivity index (χ1n) is 7.80. The number of halogens is 3. The van der Waals surface area contributed by atoms with Gasteiger partial charge in [0, 0.05) is 30.2 Å². The monoisotopic (exact) mass is 525 g/mol. The van der Waals surface area contributed by atoms with Crippen LogP contribution in [0.5, 0.6) is 17.2 Å². The topological polar surface area (TPSA) is 75.1 Å². The lowest BCUT2D eigenvalue weighted by Crippen LogP contribution is -2.36. The smallest absolute Gasteiger partial charge is 0.200 e. The van der Waals surface area contributed by atoms with Crippen molar-refractivity contribution in [2.24, 2.45) is 4.99 Å². The van der Waals surface area contributed by atoms with E-state index in [1.54, 1.807) is 31.3 Å². The molecule has 9 heteroatoms. The second-order valence-corrected chi connectivity index (χ2v) is 6.21. The van der Waals surface area contributed by atoms with E-state index in [0.29, 0.717) is 40.6 Å². The number of methoxy groups -OCH3 is 2. The highest BCUT2D eigenvalue weighted by atomic mass is 127. The number of nitrogens with zero attached hydrogens (tertiary/aromatic N) is 1. The van der Waals surface area contributed by atoms with Gasteiger partial charge in [0.2, 0.25) is 5.75 Å². The van der Waals surface area contributed by atoms with E-state index in [2.05, 4.69) is 15.6 Å². The summed E-state index contributed by atoms with van der Waals surface area (Å²) in [6, 6.07) is 8.81. The van der Waals surface area contributed by atoms with Crippen molar-refractivity contribution in [3.05, 3.63) is 51.5 Å². The van der Waals surface area contributed by atoms with E-state index < -0.39 is 0 Å². The van der Waals surface area contributed by atoms with Gasteiger partial charge < -0.3 is 25.2 Å². The summed E-state index contributed by atoms with van der Waals surface area (Å²) in [7, 11) is 4.65. The van der Waals surface area contributed by atoms with E-state index in [4.69, 9.17) is 32.7 Å². The molecular formula is C18H22Cl2IN3O3. The first kappa shape index (κ1) is 23.5. The minimum Gasteiger partial charge on any atom is -0.502 e. The summed E-state index contributed by atoms with van der Waals surface area (Å²) in [4.78, 5) is 4.18. The zero-order chi connectivity index (χ0) is 19.1. The van der Waals surface area contributed by atoms with Gasteiger partial charge in [-0.25, -0.2) is 0 Å². The van der Waals surface area contributed by atoms with E-state index >= 15 is 0 Å². The summed E-state index contributed by atoms with van der Waals surface area (Å²) >= 11 is 12.1. The first-order chi connectivity index (χ1) is 12.5. The van der Waals surface area contributed by atoms with E-state index in [9.17, 15) is 5.11 Å². The second kappa shape index (κ2) is 11.3. The number of rotatable bonds is 6. The number of phenolic OH excluding ortho intramolecular Hbond substituents is 1. The lowest BCUT2D eigenvalue weighted by molar-refractivity contribution is 0.339. The first-order valence-corrected chi connectivity index (χ1v) is 8.56. The summed E-state index contributed by atoms with van der Waals surface area (Å²) in [5, 5.41) is 17.5. The average molecular weight is 526 g/mol. The largest absolute Gasteiger partial charge is 0.502 e. The van der Waals surface area contributed by atoms with E-state index in [-0.39, 0.29) is 29.7 Å². The minimum atomic E-state index is -0.0290. The molecule has 0 radical (unpaired) electrons. The van der Waals surface area contributed by atoms with Gasteiger partial charge in [0.05, 0.1) is 14.2 Å². The Bertz CT molecular complexity index is 778. The van der Waals surface area contributed by atoms with Gasteiger partial charge in [-0.1, -0.05) is 29.3 Å². The molecule has 3 N–H and O–H groups in total. The van der Waals surface area contributed by atoms with Crippen LogP contribution in [0.25, 0.3) is 0 Å². The van der Waals surface area contributed by atoms with Gasteiger partial charge in [0.15, 0.2) is 17.5 Å². The molecule has 0 aliphatic rings. The maximum Gasteiger partial charge on any atom is 0.200 e. The molecule has 0 bridgehead atoms. The number of aliphatic imine (C=N–C) groups is 1. The molecule has 0 fully saturated rings. The summed E-state index contributed by atoms with van der Waals surface area (Å²) in [5.41, 5.74) is 1.77. The minimum absolute atomic E-state index is 0. The highest BCUT2D eigenvalue weighted by molar-refractivity contribution is 14.0. The molecule has 0 aliphatic carbocycles. The van der Waals surface area contributed by atoms with Crippen molar-refractivity contribution in [2.45, 2.75) is 13.1 Å². The van der Waals surface area contributed by atoms with Crippen LogP contribution in [0.4, 0.5) is 0 Å². The van der Waals surface area contributed by atoms with E-state index in [1.165, 1.54) is 14.2 Å². The molecule has 0 spiro atoms.